The van der Waals surface area contributed by atoms with E-state index < -0.39 is 5.97 Å². The van der Waals surface area contributed by atoms with Crippen LogP contribution in [0.25, 0.3) is 0 Å². The molecule has 1 aliphatic rings. The molecule has 8 heavy (non-hydrogen) atoms. The van der Waals surface area contributed by atoms with Crippen LogP contribution in [0.1, 0.15) is 6.92 Å². The monoisotopic (exact) mass is 113 g/mol. The number of rotatable bonds is 0. The number of hydrogen-bond acceptors (Lipinski definition) is 3. The van der Waals surface area contributed by atoms with Crippen LogP contribution < -0.4 is 5.73 Å². The van der Waals surface area contributed by atoms with E-state index in [9.17, 15) is 4.79 Å². The molecular weight excluding hydrogens is 106 g/mol. The smallest absolute Gasteiger partial charge is 0.354 e. The van der Waals surface area contributed by atoms with Crippen molar-refractivity contribution in [3.05, 3.63) is 11.8 Å². The van der Waals surface area contributed by atoms with Crippen molar-refractivity contribution in [2.45, 2.75) is 13.0 Å². The van der Waals surface area contributed by atoms with E-state index in [1.807, 2.05) is 0 Å². The zero-order valence-electron chi connectivity index (χ0n) is 4.55. The summed E-state index contributed by atoms with van der Waals surface area (Å²) >= 11 is 0. The van der Waals surface area contributed by atoms with E-state index in [-0.39, 0.29) is 11.8 Å². The lowest BCUT2D eigenvalue weighted by Gasteiger charge is -1.95. The van der Waals surface area contributed by atoms with Crippen molar-refractivity contribution in [2.24, 2.45) is 5.73 Å². The van der Waals surface area contributed by atoms with Crippen molar-refractivity contribution < 1.29 is 9.53 Å². The van der Waals surface area contributed by atoms with Gasteiger partial charge in [-0.15, -0.1) is 0 Å². The molecule has 1 unspecified atom stereocenters. The number of esters is 1. The molecule has 0 spiro atoms. The van der Waals surface area contributed by atoms with Crippen molar-refractivity contribution >= 4 is 5.97 Å². The Labute approximate surface area is 47.1 Å². The fourth-order valence-electron chi connectivity index (χ4n) is 0.592. The number of hydrogen-bond donors (Lipinski definition) is 1. The third kappa shape index (κ3) is 0.665. The first-order chi connectivity index (χ1) is 3.70. The molecule has 0 saturated heterocycles. The molecule has 0 amide bonds. The maximum Gasteiger partial charge on any atom is 0.354 e. The summed E-state index contributed by atoms with van der Waals surface area (Å²) < 4.78 is 4.62. The van der Waals surface area contributed by atoms with E-state index in [1.165, 1.54) is 0 Å². The number of cyclic esters (lactones) is 1. The molecule has 2 N–H and O–H groups in total. The van der Waals surface area contributed by atoms with Crippen molar-refractivity contribution in [1.82, 2.24) is 0 Å². The minimum Gasteiger partial charge on any atom is -0.454 e. The first-order valence-electron chi connectivity index (χ1n) is 2.38. The van der Waals surface area contributed by atoms with Gasteiger partial charge in [0.25, 0.3) is 0 Å². The van der Waals surface area contributed by atoms with E-state index in [0.29, 0.717) is 0 Å². The molecule has 3 heteroatoms. The molecular formula is C5H7NO2. The molecule has 1 aliphatic heterocycles. The molecule has 0 bridgehead atoms. The first kappa shape index (κ1) is 5.15. The van der Waals surface area contributed by atoms with Crippen LogP contribution in [-0.2, 0) is 9.53 Å². The first-order valence-corrected chi connectivity index (χ1v) is 2.38. The Bertz CT molecular complexity index is 151. The molecule has 1 rings (SSSR count). The largest absolute Gasteiger partial charge is 0.454 e. The van der Waals surface area contributed by atoms with Crippen molar-refractivity contribution in [3.63, 3.8) is 0 Å². The van der Waals surface area contributed by atoms with Crippen molar-refractivity contribution in [2.75, 3.05) is 0 Å². The van der Waals surface area contributed by atoms with Gasteiger partial charge in [0.05, 0.1) is 0 Å². The quantitative estimate of drug-likeness (QED) is 0.441. The maximum atomic E-state index is 10.4. The van der Waals surface area contributed by atoms with Crippen LogP contribution in [0.2, 0.25) is 0 Å². The number of carbonyl (C=O) groups excluding carboxylic acids is 1. The Balaban J connectivity index is 2.73. The second kappa shape index (κ2) is 1.51. The van der Waals surface area contributed by atoms with Gasteiger partial charge in [0, 0.05) is 0 Å². The molecule has 0 saturated carbocycles. The van der Waals surface area contributed by atoms with Gasteiger partial charge in [0.2, 0.25) is 0 Å². The maximum absolute atomic E-state index is 10.4. The fourth-order valence-corrected chi connectivity index (χ4v) is 0.592. The summed E-state index contributed by atoms with van der Waals surface area (Å²) in [5.74, 6) is -0.405. The summed E-state index contributed by atoms with van der Waals surface area (Å²) in [6, 6.07) is 0. The van der Waals surface area contributed by atoms with Gasteiger partial charge in [-0.2, -0.15) is 0 Å². The van der Waals surface area contributed by atoms with Gasteiger partial charge in [-0.05, 0) is 13.0 Å². The second-order valence-corrected chi connectivity index (χ2v) is 1.73. The summed E-state index contributed by atoms with van der Waals surface area (Å²) in [6.07, 6.45) is 1.45. The number of ether oxygens (including phenoxy) is 1. The molecule has 0 aromatic rings. The SMILES string of the molecule is CC1C=C(N)C(=O)O1. The lowest BCUT2D eigenvalue weighted by Crippen LogP contribution is -2.08. The highest BCUT2D eigenvalue weighted by Gasteiger charge is 2.18. The predicted octanol–water partition coefficient (Wildman–Crippen LogP) is -0.226. The third-order valence-electron chi connectivity index (χ3n) is 0.943. The topological polar surface area (TPSA) is 52.3 Å². The highest BCUT2D eigenvalue weighted by atomic mass is 16.5. The molecule has 3 nitrogen and oxygen atoms in total. The summed E-state index contributed by atoms with van der Waals surface area (Å²) in [4.78, 5) is 10.4. The minimum absolute atomic E-state index is 0.137. The van der Waals surface area contributed by atoms with Crippen LogP contribution in [0.3, 0.4) is 0 Å². The van der Waals surface area contributed by atoms with Crippen LogP contribution in [0.15, 0.2) is 11.8 Å². The number of carbonyl (C=O) groups is 1. The molecule has 0 aromatic carbocycles. The summed E-state index contributed by atoms with van der Waals surface area (Å²) in [6.45, 7) is 1.76. The lowest BCUT2D eigenvalue weighted by atomic mass is 10.4. The molecule has 44 valence electrons. The van der Waals surface area contributed by atoms with Gasteiger partial charge in [-0.25, -0.2) is 4.79 Å². The van der Waals surface area contributed by atoms with E-state index in [1.54, 1.807) is 13.0 Å². The summed E-state index contributed by atoms with van der Waals surface area (Å²) in [7, 11) is 0. The molecule has 1 heterocycles. The molecule has 1 atom stereocenters. The van der Waals surface area contributed by atoms with Crippen molar-refractivity contribution in [3.8, 4) is 0 Å². The normalized spacial score (nSPS) is 27.4. The van der Waals surface area contributed by atoms with Crippen LogP contribution in [0.5, 0.6) is 0 Å². The van der Waals surface area contributed by atoms with Gasteiger partial charge in [-0.3, -0.25) is 0 Å². The van der Waals surface area contributed by atoms with Gasteiger partial charge >= 0.3 is 5.97 Å². The zero-order valence-corrected chi connectivity index (χ0v) is 4.55. The molecule has 0 fully saturated rings. The van der Waals surface area contributed by atoms with E-state index in [2.05, 4.69) is 4.74 Å². The summed E-state index contributed by atoms with van der Waals surface area (Å²) in [5.41, 5.74) is 5.38. The number of nitrogens with two attached hydrogens (primary N) is 1. The Morgan fingerprint density at radius 2 is 2.50 bits per heavy atom. The van der Waals surface area contributed by atoms with Crippen LogP contribution in [0, 0.1) is 0 Å². The van der Waals surface area contributed by atoms with E-state index in [4.69, 9.17) is 5.73 Å². The Morgan fingerprint density at radius 3 is 2.62 bits per heavy atom. The van der Waals surface area contributed by atoms with Gasteiger partial charge in [0.15, 0.2) is 0 Å². The van der Waals surface area contributed by atoms with Gasteiger partial charge in [-0.1, -0.05) is 0 Å². The molecule has 0 aliphatic carbocycles. The highest BCUT2D eigenvalue weighted by Crippen LogP contribution is 2.06. The molecule has 0 aromatic heterocycles. The fraction of sp³-hybridized carbons (Fsp3) is 0.400. The Hall–Kier alpha value is -0.990. The average molecular weight is 113 g/mol. The highest BCUT2D eigenvalue weighted by molar-refractivity contribution is 5.89. The van der Waals surface area contributed by atoms with E-state index in [0.717, 1.165) is 0 Å². The molecule has 0 radical (unpaired) electrons. The average Bonchev–Trinajstić information content (AvgIpc) is 1.85. The van der Waals surface area contributed by atoms with Crippen LogP contribution in [0.4, 0.5) is 0 Å². The van der Waals surface area contributed by atoms with Crippen LogP contribution >= 0.6 is 0 Å². The van der Waals surface area contributed by atoms with Crippen molar-refractivity contribution in [1.29, 1.82) is 0 Å². The Morgan fingerprint density at radius 1 is 1.88 bits per heavy atom. The minimum atomic E-state index is -0.405. The van der Waals surface area contributed by atoms with Gasteiger partial charge < -0.3 is 10.5 Å². The Kier molecular flexibility index (Phi) is 0.970. The predicted molar refractivity (Wildman–Crippen MR) is 27.8 cm³/mol. The van der Waals surface area contributed by atoms with Crippen LogP contribution in [-0.4, -0.2) is 12.1 Å². The third-order valence-corrected chi connectivity index (χ3v) is 0.943. The standard InChI is InChI=1S/C5H7NO2/c1-3-2-4(6)5(7)8-3/h2-3H,6H2,1H3. The lowest BCUT2D eigenvalue weighted by molar-refractivity contribution is -0.139. The van der Waals surface area contributed by atoms with E-state index >= 15 is 0 Å². The van der Waals surface area contributed by atoms with Gasteiger partial charge in [0.1, 0.15) is 11.8 Å². The second-order valence-electron chi connectivity index (χ2n) is 1.73. The summed E-state index contributed by atoms with van der Waals surface area (Å²) in [5, 5.41) is 0. The zero-order chi connectivity index (χ0) is 6.15.